The van der Waals surface area contributed by atoms with Gasteiger partial charge in [0.2, 0.25) is 0 Å². The van der Waals surface area contributed by atoms with E-state index < -0.39 is 0 Å². The SMILES string of the molecule is C=CCCOc1ccc(CNC2CC2)cc1OC. The smallest absolute Gasteiger partial charge is 0.161 e. The van der Waals surface area contributed by atoms with Gasteiger partial charge in [-0.25, -0.2) is 0 Å². The van der Waals surface area contributed by atoms with Gasteiger partial charge in [0.15, 0.2) is 11.5 Å². The van der Waals surface area contributed by atoms with E-state index in [0.717, 1.165) is 30.5 Å². The molecule has 0 saturated heterocycles. The van der Waals surface area contributed by atoms with Gasteiger partial charge >= 0.3 is 0 Å². The van der Waals surface area contributed by atoms with Crippen LogP contribution in [-0.2, 0) is 6.54 Å². The van der Waals surface area contributed by atoms with Crippen LogP contribution in [0, 0.1) is 0 Å². The molecule has 0 atom stereocenters. The number of ether oxygens (including phenoxy) is 2. The van der Waals surface area contributed by atoms with Crippen molar-refractivity contribution in [2.75, 3.05) is 13.7 Å². The Hall–Kier alpha value is -1.48. The van der Waals surface area contributed by atoms with Gasteiger partial charge in [0.25, 0.3) is 0 Å². The Labute approximate surface area is 109 Å². The van der Waals surface area contributed by atoms with Gasteiger partial charge in [0.1, 0.15) is 0 Å². The fraction of sp³-hybridized carbons (Fsp3) is 0.467. The first-order valence-electron chi connectivity index (χ1n) is 6.47. The molecule has 2 rings (SSSR count). The van der Waals surface area contributed by atoms with Crippen molar-refractivity contribution in [3.05, 3.63) is 36.4 Å². The molecule has 0 bridgehead atoms. The number of benzene rings is 1. The molecule has 0 radical (unpaired) electrons. The lowest BCUT2D eigenvalue weighted by molar-refractivity contribution is 0.299. The molecule has 1 N–H and O–H groups in total. The Morgan fingerprint density at radius 2 is 2.22 bits per heavy atom. The third-order valence-corrected chi connectivity index (χ3v) is 2.98. The first kappa shape index (κ1) is 13.0. The fourth-order valence-electron chi connectivity index (χ4n) is 1.74. The molecule has 1 saturated carbocycles. The van der Waals surface area contributed by atoms with Crippen molar-refractivity contribution in [1.29, 1.82) is 0 Å². The molecule has 1 aromatic carbocycles. The maximum absolute atomic E-state index is 5.64. The van der Waals surface area contributed by atoms with E-state index >= 15 is 0 Å². The molecule has 1 aliphatic carbocycles. The molecule has 0 amide bonds. The summed E-state index contributed by atoms with van der Waals surface area (Å²) in [5.74, 6) is 1.60. The second kappa shape index (κ2) is 6.45. The minimum Gasteiger partial charge on any atom is -0.493 e. The quantitative estimate of drug-likeness (QED) is 0.566. The largest absolute Gasteiger partial charge is 0.493 e. The van der Waals surface area contributed by atoms with Crippen LogP contribution in [0.2, 0.25) is 0 Å². The van der Waals surface area contributed by atoms with E-state index in [9.17, 15) is 0 Å². The molecule has 3 nitrogen and oxygen atoms in total. The van der Waals surface area contributed by atoms with Crippen molar-refractivity contribution in [2.24, 2.45) is 0 Å². The van der Waals surface area contributed by atoms with Gasteiger partial charge in [-0.3, -0.25) is 0 Å². The zero-order valence-corrected chi connectivity index (χ0v) is 10.9. The molecule has 0 heterocycles. The maximum Gasteiger partial charge on any atom is 0.161 e. The molecule has 98 valence electrons. The zero-order valence-electron chi connectivity index (χ0n) is 10.9. The summed E-state index contributed by atoms with van der Waals surface area (Å²) < 4.78 is 11.0. The lowest BCUT2D eigenvalue weighted by Crippen LogP contribution is -2.15. The summed E-state index contributed by atoms with van der Waals surface area (Å²) >= 11 is 0. The highest BCUT2D eigenvalue weighted by molar-refractivity contribution is 5.43. The Kier molecular flexibility index (Phi) is 4.65. The standard InChI is InChI=1S/C15H21NO2/c1-3-4-9-18-14-8-5-12(10-15(14)17-2)11-16-13-6-7-13/h3,5,8,10,13,16H,1,4,6-7,9,11H2,2H3. The Morgan fingerprint density at radius 3 is 2.89 bits per heavy atom. The van der Waals surface area contributed by atoms with Crippen LogP contribution in [0.4, 0.5) is 0 Å². The third kappa shape index (κ3) is 3.77. The minimum absolute atomic E-state index is 0.638. The van der Waals surface area contributed by atoms with E-state index in [0.29, 0.717) is 6.61 Å². The van der Waals surface area contributed by atoms with Gasteiger partial charge < -0.3 is 14.8 Å². The topological polar surface area (TPSA) is 30.5 Å². The molecule has 0 spiro atoms. The molecule has 0 unspecified atom stereocenters. The molecule has 18 heavy (non-hydrogen) atoms. The lowest BCUT2D eigenvalue weighted by atomic mass is 10.2. The highest BCUT2D eigenvalue weighted by atomic mass is 16.5. The number of rotatable bonds is 8. The Bertz CT molecular complexity index is 399. The van der Waals surface area contributed by atoms with Crippen LogP contribution in [0.15, 0.2) is 30.9 Å². The van der Waals surface area contributed by atoms with Gasteiger partial charge in [0, 0.05) is 12.6 Å². The van der Waals surface area contributed by atoms with Crippen molar-refractivity contribution < 1.29 is 9.47 Å². The number of methoxy groups -OCH3 is 1. The zero-order chi connectivity index (χ0) is 12.8. The Balaban J connectivity index is 1.94. The number of hydrogen-bond donors (Lipinski definition) is 1. The van der Waals surface area contributed by atoms with Gasteiger partial charge in [-0.1, -0.05) is 12.1 Å². The van der Waals surface area contributed by atoms with Crippen LogP contribution >= 0.6 is 0 Å². The molecular weight excluding hydrogens is 226 g/mol. The highest BCUT2D eigenvalue weighted by Crippen LogP contribution is 2.28. The van der Waals surface area contributed by atoms with Crippen LogP contribution in [0.25, 0.3) is 0 Å². The molecule has 1 aromatic rings. The number of nitrogens with one attached hydrogen (secondary N) is 1. The van der Waals surface area contributed by atoms with Crippen LogP contribution in [0.3, 0.4) is 0 Å². The normalized spacial score (nSPS) is 14.3. The molecule has 0 aromatic heterocycles. The molecule has 1 fully saturated rings. The van der Waals surface area contributed by atoms with Gasteiger partial charge in [-0.15, -0.1) is 6.58 Å². The fourth-order valence-corrected chi connectivity index (χ4v) is 1.74. The van der Waals surface area contributed by atoms with Gasteiger partial charge in [-0.2, -0.15) is 0 Å². The predicted octanol–water partition coefficient (Wildman–Crippen LogP) is 2.90. The summed E-state index contributed by atoms with van der Waals surface area (Å²) in [6, 6.07) is 6.82. The van der Waals surface area contributed by atoms with Crippen molar-refractivity contribution in [2.45, 2.75) is 31.8 Å². The predicted molar refractivity (Wildman–Crippen MR) is 73.2 cm³/mol. The lowest BCUT2D eigenvalue weighted by Gasteiger charge is -2.12. The van der Waals surface area contributed by atoms with Crippen LogP contribution in [0.5, 0.6) is 11.5 Å². The second-order valence-corrected chi connectivity index (χ2v) is 4.57. The first-order chi connectivity index (χ1) is 8.83. The van der Waals surface area contributed by atoms with Crippen LogP contribution in [0.1, 0.15) is 24.8 Å². The summed E-state index contributed by atoms with van der Waals surface area (Å²) in [5, 5.41) is 3.49. The molecule has 1 aliphatic rings. The van der Waals surface area contributed by atoms with Crippen molar-refractivity contribution in [1.82, 2.24) is 5.32 Å². The summed E-state index contributed by atoms with van der Waals surface area (Å²) in [5.41, 5.74) is 1.23. The highest BCUT2D eigenvalue weighted by Gasteiger charge is 2.20. The van der Waals surface area contributed by atoms with Crippen molar-refractivity contribution in [3.63, 3.8) is 0 Å². The van der Waals surface area contributed by atoms with Crippen molar-refractivity contribution >= 4 is 0 Å². The monoisotopic (exact) mass is 247 g/mol. The summed E-state index contributed by atoms with van der Waals surface area (Å²) in [6.07, 6.45) is 5.30. The van der Waals surface area contributed by atoms with Gasteiger partial charge in [-0.05, 0) is 37.0 Å². The van der Waals surface area contributed by atoms with E-state index in [1.54, 1.807) is 7.11 Å². The van der Waals surface area contributed by atoms with E-state index in [1.807, 2.05) is 18.2 Å². The van der Waals surface area contributed by atoms with E-state index in [4.69, 9.17) is 9.47 Å². The summed E-state index contributed by atoms with van der Waals surface area (Å²) in [4.78, 5) is 0. The van der Waals surface area contributed by atoms with E-state index in [-0.39, 0.29) is 0 Å². The van der Waals surface area contributed by atoms with Crippen LogP contribution in [-0.4, -0.2) is 19.8 Å². The van der Waals surface area contributed by atoms with E-state index in [2.05, 4.69) is 18.0 Å². The molecule has 3 heteroatoms. The average Bonchev–Trinajstić information content (AvgIpc) is 3.21. The van der Waals surface area contributed by atoms with E-state index in [1.165, 1.54) is 18.4 Å². The third-order valence-electron chi connectivity index (χ3n) is 2.98. The maximum atomic E-state index is 5.64. The summed E-state index contributed by atoms with van der Waals surface area (Å²) in [7, 11) is 1.67. The second-order valence-electron chi connectivity index (χ2n) is 4.57. The summed E-state index contributed by atoms with van der Waals surface area (Å²) in [6.45, 7) is 5.21. The first-order valence-corrected chi connectivity index (χ1v) is 6.47. The minimum atomic E-state index is 0.638. The number of hydrogen-bond acceptors (Lipinski definition) is 3. The molecule has 0 aliphatic heterocycles. The van der Waals surface area contributed by atoms with Gasteiger partial charge in [0.05, 0.1) is 13.7 Å². The average molecular weight is 247 g/mol. The Morgan fingerprint density at radius 1 is 1.39 bits per heavy atom. The van der Waals surface area contributed by atoms with Crippen LogP contribution < -0.4 is 14.8 Å². The molecular formula is C15H21NO2. The van der Waals surface area contributed by atoms with Crippen molar-refractivity contribution in [3.8, 4) is 11.5 Å².